The fourth-order valence-corrected chi connectivity index (χ4v) is 12.1. The lowest BCUT2D eigenvalue weighted by atomic mass is 9.66. The van der Waals surface area contributed by atoms with E-state index < -0.39 is 21.4 Å². The summed E-state index contributed by atoms with van der Waals surface area (Å²) in [4.78, 5) is 20.0. The molecule has 1 saturated heterocycles. The molecule has 3 rings (SSSR count). The predicted octanol–water partition coefficient (Wildman–Crippen LogP) is 13.3. The Hall–Kier alpha value is -1.06. The molecule has 0 amide bonds. The highest BCUT2D eigenvalue weighted by Gasteiger charge is 2.54. The van der Waals surface area contributed by atoms with E-state index in [-0.39, 0.29) is 63.8 Å². The number of phosphoric acid groups is 2. The number of fused-ring (bicyclic) bond motifs is 1. The summed E-state index contributed by atoms with van der Waals surface area (Å²) < 4.78 is 58.6. The summed E-state index contributed by atoms with van der Waals surface area (Å²) >= 11 is 0. The molecule has 0 bridgehead atoms. The molecule has 1 aliphatic heterocycles. The van der Waals surface area contributed by atoms with Gasteiger partial charge in [0.1, 0.15) is 0 Å². The van der Waals surface area contributed by atoms with Crippen LogP contribution in [0.15, 0.2) is 48.6 Å². The van der Waals surface area contributed by atoms with Gasteiger partial charge in [-0.1, -0.05) is 152 Å². The standard InChI is InChI=1S/C56H106N4O10P2/c1-3-5-7-9-11-13-15-17-19-21-23-25-27-29-31-33-35-55(36-34-32-30-28-26-24-22-20-18-16-14-12-10-8-6-4-2)37-39-56(40-38-55)69-53-49-51(59-43-47-67-71(61,62)65-45-41-57)52(50-54(53)70-56)60-44-48-68-72(63,64)66-46-42-58/h11-14,17-20,51-54,59-60H,3-10,15-16,21-50,57-58H2,1-2H3,(H,61,62)(H,63,64)/b13-11-,14-12-,19-17-,20-18-/t51-,52+,53-,54-/m0/s1. The first-order valence-corrected chi connectivity index (χ1v) is 32.1. The fraction of sp³-hybridized carbons (Fsp3) is 0.857. The molecule has 2 unspecified atom stereocenters. The molecule has 16 heteroatoms. The number of nitrogens with two attached hydrogens (primary N) is 2. The van der Waals surface area contributed by atoms with Crippen LogP contribution in [0.4, 0.5) is 0 Å². The molecule has 0 radical (unpaired) electrons. The van der Waals surface area contributed by atoms with E-state index in [9.17, 15) is 18.9 Å². The number of allylic oxidation sites excluding steroid dienone is 8. The lowest BCUT2D eigenvalue weighted by Crippen LogP contribution is -2.57. The van der Waals surface area contributed by atoms with Crippen LogP contribution in [-0.4, -0.2) is 92.5 Å². The van der Waals surface area contributed by atoms with E-state index in [1.807, 2.05) is 0 Å². The van der Waals surface area contributed by atoms with Gasteiger partial charge in [-0.15, -0.1) is 0 Å². The van der Waals surface area contributed by atoms with E-state index in [2.05, 4.69) is 73.1 Å². The number of nitrogens with one attached hydrogen (secondary N) is 2. The van der Waals surface area contributed by atoms with E-state index in [0.717, 1.165) is 38.5 Å². The molecule has 14 nitrogen and oxygen atoms in total. The predicted molar refractivity (Wildman–Crippen MR) is 296 cm³/mol. The number of hydrogen-bond donors (Lipinski definition) is 6. The van der Waals surface area contributed by atoms with Crippen LogP contribution in [0, 0.1) is 5.41 Å². The molecule has 0 aromatic heterocycles. The topological polar surface area (TPSA) is 206 Å². The van der Waals surface area contributed by atoms with Gasteiger partial charge >= 0.3 is 15.6 Å². The maximum absolute atomic E-state index is 12.2. The van der Waals surface area contributed by atoms with Crippen molar-refractivity contribution in [3.8, 4) is 0 Å². The number of hydrogen-bond acceptors (Lipinski definition) is 12. The lowest BCUT2D eigenvalue weighted by molar-refractivity contribution is -0.208. The highest BCUT2D eigenvalue weighted by molar-refractivity contribution is 7.47. The van der Waals surface area contributed by atoms with Gasteiger partial charge in [0.2, 0.25) is 0 Å². The molecule has 0 aromatic carbocycles. The first-order chi connectivity index (χ1) is 35.0. The second-order valence-corrected chi connectivity index (χ2v) is 23.7. The van der Waals surface area contributed by atoms with Gasteiger partial charge in [0.05, 0.1) is 38.6 Å². The zero-order valence-corrected chi connectivity index (χ0v) is 47.2. The third-order valence-corrected chi connectivity index (χ3v) is 16.8. The maximum atomic E-state index is 12.2. The molecular weight excluding hydrogens is 951 g/mol. The van der Waals surface area contributed by atoms with Crippen LogP contribution < -0.4 is 22.1 Å². The zero-order valence-electron chi connectivity index (χ0n) is 45.4. The highest BCUT2D eigenvalue weighted by atomic mass is 31.2. The fourth-order valence-electron chi connectivity index (χ4n) is 10.6. The van der Waals surface area contributed by atoms with E-state index in [1.54, 1.807) is 0 Å². The first-order valence-electron chi connectivity index (χ1n) is 29.1. The number of rotatable bonds is 46. The van der Waals surface area contributed by atoms with Gasteiger partial charge < -0.3 is 41.4 Å². The Kier molecular flexibility index (Phi) is 36.4. The van der Waals surface area contributed by atoms with Crippen molar-refractivity contribution < 1.29 is 46.5 Å². The molecule has 3 aliphatic rings. The summed E-state index contributed by atoms with van der Waals surface area (Å²) in [6.07, 6.45) is 56.8. The van der Waals surface area contributed by atoms with E-state index in [0.29, 0.717) is 31.3 Å². The van der Waals surface area contributed by atoms with Crippen LogP contribution in [0.1, 0.15) is 219 Å². The monoisotopic (exact) mass is 1060 g/mol. The quantitative estimate of drug-likeness (QED) is 0.0191. The third kappa shape index (κ3) is 30.0. The van der Waals surface area contributed by atoms with Crippen LogP contribution in [-0.2, 0) is 36.7 Å². The molecular formula is C56H106N4O10P2. The minimum absolute atomic E-state index is 0.0430. The molecule has 0 aromatic rings. The zero-order chi connectivity index (χ0) is 51.9. The normalized spacial score (nSPS) is 22.8. The first kappa shape index (κ1) is 65.2. The van der Waals surface area contributed by atoms with Gasteiger partial charge in [0.25, 0.3) is 0 Å². The number of unbranched alkanes of at least 4 members (excludes halogenated alkanes) is 18. The Balaban J connectivity index is 1.51. The molecule has 6 atom stereocenters. The van der Waals surface area contributed by atoms with Gasteiger partial charge in [-0.3, -0.25) is 18.1 Å². The van der Waals surface area contributed by atoms with Crippen molar-refractivity contribution >= 4 is 15.6 Å². The van der Waals surface area contributed by atoms with Crippen LogP contribution in [0.3, 0.4) is 0 Å². The van der Waals surface area contributed by atoms with Gasteiger partial charge in [0.15, 0.2) is 5.79 Å². The largest absolute Gasteiger partial charge is 0.472 e. The number of phosphoric ester groups is 2. The molecule has 72 heavy (non-hydrogen) atoms. The summed E-state index contributed by atoms with van der Waals surface area (Å²) in [7, 11) is -8.43. The van der Waals surface area contributed by atoms with Crippen molar-refractivity contribution in [3.63, 3.8) is 0 Å². The van der Waals surface area contributed by atoms with Gasteiger partial charge in [-0.2, -0.15) is 0 Å². The Morgan fingerprint density at radius 2 is 0.847 bits per heavy atom. The molecule has 8 N–H and O–H groups in total. The van der Waals surface area contributed by atoms with Crippen LogP contribution in [0.25, 0.3) is 0 Å². The minimum atomic E-state index is -4.21. The summed E-state index contributed by atoms with van der Waals surface area (Å²) in [6, 6.07) is -0.192. The Morgan fingerprint density at radius 1 is 0.500 bits per heavy atom. The van der Waals surface area contributed by atoms with Crippen molar-refractivity contribution in [2.45, 2.75) is 249 Å². The lowest BCUT2D eigenvalue weighted by Gasteiger charge is -2.44. The average molecular weight is 1060 g/mol. The third-order valence-electron chi connectivity index (χ3n) is 14.8. The Morgan fingerprint density at radius 3 is 1.22 bits per heavy atom. The van der Waals surface area contributed by atoms with Crippen molar-refractivity contribution in [3.05, 3.63) is 48.6 Å². The molecule has 1 spiro atoms. The van der Waals surface area contributed by atoms with E-state index in [1.165, 1.54) is 154 Å². The molecule has 3 fully saturated rings. The summed E-state index contributed by atoms with van der Waals surface area (Å²) in [6.45, 7) is 5.08. The van der Waals surface area contributed by atoms with Gasteiger partial charge in [-0.25, -0.2) is 9.13 Å². The molecule has 420 valence electrons. The molecule has 2 saturated carbocycles. The second kappa shape index (κ2) is 40.2. The van der Waals surface area contributed by atoms with Gasteiger partial charge in [-0.05, 0) is 108 Å². The Labute approximate surface area is 438 Å². The second-order valence-electron chi connectivity index (χ2n) is 20.8. The highest BCUT2D eigenvalue weighted by Crippen LogP contribution is 2.53. The SMILES string of the molecule is CCCCC/C=C\C/C=C\CCCCCCCCC1(CCCCCCCC/C=C\C/C=C\CCCCC)CCC2(CC1)O[C@H]1C[C@H](NCCOP(=O)(O)OCCN)[C@H](NCCOP(=O)(O)OCCN)C[C@@H]1O2. The van der Waals surface area contributed by atoms with Crippen molar-refractivity contribution in [1.82, 2.24) is 10.6 Å². The van der Waals surface area contributed by atoms with Crippen molar-refractivity contribution in [2.24, 2.45) is 16.9 Å². The van der Waals surface area contributed by atoms with Crippen molar-refractivity contribution in [1.29, 1.82) is 0 Å². The van der Waals surface area contributed by atoms with E-state index >= 15 is 0 Å². The van der Waals surface area contributed by atoms with Crippen molar-refractivity contribution in [2.75, 3.05) is 52.6 Å². The maximum Gasteiger partial charge on any atom is 0.472 e. The Bertz CT molecular complexity index is 1460. The molecule has 2 aliphatic carbocycles. The smallest absolute Gasteiger partial charge is 0.344 e. The minimum Gasteiger partial charge on any atom is -0.344 e. The van der Waals surface area contributed by atoms with Crippen LogP contribution in [0.5, 0.6) is 0 Å². The summed E-state index contributed by atoms with van der Waals surface area (Å²) in [5.41, 5.74) is 11.2. The van der Waals surface area contributed by atoms with Crippen LogP contribution in [0.2, 0.25) is 0 Å². The van der Waals surface area contributed by atoms with Gasteiger partial charge in [0, 0.05) is 51.1 Å². The van der Waals surface area contributed by atoms with E-state index in [4.69, 9.17) is 39.0 Å². The van der Waals surface area contributed by atoms with Crippen LogP contribution >= 0.6 is 15.6 Å². The summed E-state index contributed by atoms with van der Waals surface area (Å²) in [5.74, 6) is -0.600. The molecule has 1 heterocycles. The summed E-state index contributed by atoms with van der Waals surface area (Å²) in [5, 5.41) is 7.00. The average Bonchev–Trinajstić information content (AvgIpc) is 3.72. The number of ether oxygens (including phenoxy) is 2.